The lowest BCUT2D eigenvalue weighted by Gasteiger charge is -2.24. The fourth-order valence-corrected chi connectivity index (χ4v) is 2.96. The van der Waals surface area contributed by atoms with Gasteiger partial charge < -0.3 is 14.5 Å². The molecule has 0 N–H and O–H groups in total. The van der Waals surface area contributed by atoms with Crippen LogP contribution >= 0.6 is 23.2 Å². The highest BCUT2D eigenvalue weighted by Gasteiger charge is 2.16. The highest BCUT2D eigenvalue weighted by molar-refractivity contribution is 6.42. The predicted octanol–water partition coefficient (Wildman–Crippen LogP) is 4.22. The number of carbonyl (C=O) groups is 1. The number of ether oxygens (including phenoxy) is 1. The third kappa shape index (κ3) is 6.72. The first kappa shape index (κ1) is 22.0. The van der Waals surface area contributed by atoms with Gasteiger partial charge in [0, 0.05) is 13.1 Å². The molecule has 0 fully saturated rings. The number of amides is 1. The smallest absolute Gasteiger partial charge is 0.260 e. The van der Waals surface area contributed by atoms with Gasteiger partial charge in [-0.25, -0.2) is 0 Å². The van der Waals surface area contributed by atoms with Crippen molar-refractivity contribution in [3.8, 4) is 11.8 Å². The Labute approximate surface area is 176 Å². The normalized spacial score (nSPS) is 10.6. The first-order valence-corrected chi connectivity index (χ1v) is 9.64. The molecule has 7 heteroatoms. The summed E-state index contributed by atoms with van der Waals surface area (Å²) in [5.74, 6) is 0.249. The van der Waals surface area contributed by atoms with Crippen LogP contribution in [0.25, 0.3) is 0 Å². The number of benzene rings is 2. The van der Waals surface area contributed by atoms with E-state index in [1.807, 2.05) is 20.2 Å². The van der Waals surface area contributed by atoms with Crippen LogP contribution in [0.4, 0.5) is 0 Å². The van der Waals surface area contributed by atoms with Gasteiger partial charge in [-0.05, 0) is 56.9 Å². The van der Waals surface area contributed by atoms with Gasteiger partial charge in [0.2, 0.25) is 0 Å². The number of hydrogen-bond acceptors (Lipinski definition) is 4. The van der Waals surface area contributed by atoms with Crippen molar-refractivity contribution in [3.63, 3.8) is 0 Å². The van der Waals surface area contributed by atoms with Crippen molar-refractivity contribution in [2.24, 2.45) is 0 Å². The molecule has 0 unspecified atom stereocenters. The molecule has 2 aromatic carbocycles. The average Bonchev–Trinajstić information content (AvgIpc) is 2.68. The quantitative estimate of drug-likeness (QED) is 0.610. The lowest BCUT2D eigenvalue weighted by molar-refractivity contribution is -0.134. The summed E-state index contributed by atoms with van der Waals surface area (Å²) in [6, 6.07) is 14.3. The number of hydrogen-bond donors (Lipinski definition) is 0. The van der Waals surface area contributed by atoms with Crippen LogP contribution in [0.1, 0.15) is 17.5 Å². The summed E-state index contributed by atoms with van der Waals surface area (Å²) in [6.45, 7) is 1.72. The molecule has 0 radical (unpaired) electrons. The molecule has 0 aliphatic carbocycles. The van der Waals surface area contributed by atoms with E-state index in [0.717, 1.165) is 18.5 Å². The van der Waals surface area contributed by atoms with Gasteiger partial charge in [0.15, 0.2) is 6.61 Å². The summed E-state index contributed by atoms with van der Waals surface area (Å²) < 4.78 is 5.61. The fourth-order valence-electron chi connectivity index (χ4n) is 2.64. The Morgan fingerprint density at radius 3 is 2.54 bits per heavy atom. The van der Waals surface area contributed by atoms with Crippen LogP contribution in [0.15, 0.2) is 42.5 Å². The number of para-hydroxylation sites is 1. The molecular weight excluding hydrogens is 397 g/mol. The third-order valence-corrected chi connectivity index (χ3v) is 4.84. The highest BCUT2D eigenvalue weighted by Crippen LogP contribution is 2.23. The van der Waals surface area contributed by atoms with E-state index in [0.29, 0.717) is 34.4 Å². The summed E-state index contributed by atoms with van der Waals surface area (Å²) in [4.78, 5) is 16.6. The molecule has 28 heavy (non-hydrogen) atoms. The van der Waals surface area contributed by atoms with Gasteiger partial charge in [0.1, 0.15) is 11.8 Å². The molecular formula is C21H23Cl2N3O2. The monoisotopic (exact) mass is 419 g/mol. The van der Waals surface area contributed by atoms with E-state index in [1.165, 1.54) is 0 Å². The first-order valence-electron chi connectivity index (χ1n) is 8.89. The van der Waals surface area contributed by atoms with Crippen molar-refractivity contribution in [3.05, 3.63) is 63.6 Å². The van der Waals surface area contributed by atoms with Crippen LogP contribution in [0.5, 0.6) is 5.75 Å². The molecule has 5 nitrogen and oxygen atoms in total. The zero-order valence-electron chi connectivity index (χ0n) is 16.0. The van der Waals surface area contributed by atoms with Crippen molar-refractivity contribution >= 4 is 29.1 Å². The van der Waals surface area contributed by atoms with Gasteiger partial charge in [-0.15, -0.1) is 0 Å². The molecule has 0 bridgehead atoms. The lowest BCUT2D eigenvalue weighted by Crippen LogP contribution is -2.36. The molecule has 0 spiro atoms. The Kier molecular flexibility index (Phi) is 8.59. The molecule has 2 aromatic rings. The topological polar surface area (TPSA) is 56.6 Å². The number of nitriles is 1. The summed E-state index contributed by atoms with van der Waals surface area (Å²) >= 11 is 12.1. The van der Waals surface area contributed by atoms with Gasteiger partial charge in [-0.2, -0.15) is 5.26 Å². The molecule has 0 atom stereocenters. The fraction of sp³-hybridized carbons (Fsp3) is 0.333. The van der Waals surface area contributed by atoms with Crippen LogP contribution in [0.3, 0.4) is 0 Å². The van der Waals surface area contributed by atoms with E-state index in [1.54, 1.807) is 41.3 Å². The van der Waals surface area contributed by atoms with Gasteiger partial charge in [0.25, 0.3) is 5.91 Å². The van der Waals surface area contributed by atoms with E-state index in [9.17, 15) is 4.79 Å². The second-order valence-electron chi connectivity index (χ2n) is 6.62. The van der Waals surface area contributed by atoms with Gasteiger partial charge in [0.05, 0.1) is 15.6 Å². The minimum atomic E-state index is -0.155. The summed E-state index contributed by atoms with van der Waals surface area (Å²) in [5.41, 5.74) is 1.30. The minimum absolute atomic E-state index is 0.137. The van der Waals surface area contributed by atoms with Crippen LogP contribution in [-0.2, 0) is 11.3 Å². The maximum absolute atomic E-state index is 12.8. The first-order chi connectivity index (χ1) is 13.4. The summed E-state index contributed by atoms with van der Waals surface area (Å²) in [6.07, 6.45) is 0.828. The SMILES string of the molecule is CN(C)CCCN(Cc1ccc(Cl)c(Cl)c1)C(=O)COc1ccccc1C#N. The lowest BCUT2D eigenvalue weighted by atomic mass is 10.2. The highest BCUT2D eigenvalue weighted by atomic mass is 35.5. The molecule has 1 amide bonds. The molecule has 0 aliphatic heterocycles. The Morgan fingerprint density at radius 2 is 1.86 bits per heavy atom. The maximum Gasteiger partial charge on any atom is 0.260 e. The van der Waals surface area contributed by atoms with Crippen LogP contribution in [-0.4, -0.2) is 49.5 Å². The molecule has 0 aromatic heterocycles. The van der Waals surface area contributed by atoms with E-state index in [4.69, 9.17) is 33.2 Å². The standard InChI is InChI=1S/C21H23Cl2N3O2/c1-25(2)10-5-11-26(14-16-8-9-18(22)19(23)12-16)21(27)15-28-20-7-4-3-6-17(20)13-24/h3-4,6-9,12H,5,10-11,14-15H2,1-2H3. The van der Waals surface area contributed by atoms with Crippen LogP contribution in [0.2, 0.25) is 10.0 Å². The van der Waals surface area contributed by atoms with E-state index < -0.39 is 0 Å². The third-order valence-electron chi connectivity index (χ3n) is 4.10. The van der Waals surface area contributed by atoms with Crippen molar-refractivity contribution in [1.82, 2.24) is 9.80 Å². The Morgan fingerprint density at radius 1 is 1.11 bits per heavy atom. The zero-order valence-corrected chi connectivity index (χ0v) is 17.5. The Balaban J connectivity index is 2.07. The molecule has 0 aliphatic rings. The number of carbonyl (C=O) groups excluding carboxylic acids is 1. The second-order valence-corrected chi connectivity index (χ2v) is 7.43. The summed E-state index contributed by atoms with van der Waals surface area (Å²) in [7, 11) is 3.99. The van der Waals surface area contributed by atoms with E-state index >= 15 is 0 Å². The predicted molar refractivity (Wildman–Crippen MR) is 112 cm³/mol. The molecule has 0 saturated carbocycles. The van der Waals surface area contributed by atoms with E-state index in [2.05, 4.69) is 11.0 Å². The molecule has 2 rings (SSSR count). The van der Waals surface area contributed by atoms with Gasteiger partial charge >= 0.3 is 0 Å². The minimum Gasteiger partial charge on any atom is -0.482 e. The second kappa shape index (κ2) is 10.9. The zero-order chi connectivity index (χ0) is 20.5. The van der Waals surface area contributed by atoms with Crippen molar-refractivity contribution in [2.45, 2.75) is 13.0 Å². The molecule has 0 saturated heterocycles. The Hall–Kier alpha value is -2.26. The van der Waals surface area contributed by atoms with Crippen molar-refractivity contribution in [1.29, 1.82) is 5.26 Å². The Bertz CT molecular complexity index is 850. The molecule has 0 heterocycles. The van der Waals surface area contributed by atoms with Crippen molar-refractivity contribution < 1.29 is 9.53 Å². The summed E-state index contributed by atoms with van der Waals surface area (Å²) in [5, 5.41) is 10.1. The van der Waals surface area contributed by atoms with Gasteiger partial charge in [-0.1, -0.05) is 41.4 Å². The number of halogens is 2. The molecule has 148 valence electrons. The maximum atomic E-state index is 12.8. The van der Waals surface area contributed by atoms with E-state index in [-0.39, 0.29) is 12.5 Å². The number of rotatable bonds is 9. The van der Waals surface area contributed by atoms with Crippen LogP contribution < -0.4 is 4.74 Å². The van der Waals surface area contributed by atoms with Crippen LogP contribution in [0, 0.1) is 11.3 Å². The van der Waals surface area contributed by atoms with Gasteiger partial charge in [-0.3, -0.25) is 4.79 Å². The number of nitrogens with zero attached hydrogens (tertiary/aromatic N) is 3. The largest absolute Gasteiger partial charge is 0.482 e. The average molecular weight is 420 g/mol. The van der Waals surface area contributed by atoms with Crippen molar-refractivity contribution in [2.75, 3.05) is 33.8 Å².